The van der Waals surface area contributed by atoms with Gasteiger partial charge in [-0.1, -0.05) is 6.92 Å². The maximum Gasteiger partial charge on any atom is 0.237 e. The molecule has 0 saturated heterocycles. The van der Waals surface area contributed by atoms with Crippen molar-refractivity contribution in [2.24, 2.45) is 5.73 Å². The number of carbonyl (C=O) groups is 1. The van der Waals surface area contributed by atoms with Gasteiger partial charge in [0.05, 0.1) is 11.6 Å². The molecule has 88 valence electrons. The van der Waals surface area contributed by atoms with E-state index in [1.54, 1.807) is 6.33 Å². The zero-order valence-electron chi connectivity index (χ0n) is 9.39. The van der Waals surface area contributed by atoms with E-state index < -0.39 is 5.54 Å². The van der Waals surface area contributed by atoms with E-state index in [9.17, 15) is 4.79 Å². The number of nitrogens with zero attached hydrogens (tertiary/aromatic N) is 3. The number of carbonyl (C=O) groups excluding carboxylic acids is 1. The van der Waals surface area contributed by atoms with Crippen LogP contribution in [-0.2, 0) is 4.79 Å². The fourth-order valence-corrected chi connectivity index (χ4v) is 2.46. The fourth-order valence-electron chi connectivity index (χ4n) is 2.46. The summed E-state index contributed by atoms with van der Waals surface area (Å²) < 4.78 is 1.81. The molecule has 0 bridgehead atoms. The average molecular weight is 223 g/mol. The molecule has 1 aromatic rings. The van der Waals surface area contributed by atoms with Gasteiger partial charge < -0.3 is 11.1 Å². The summed E-state index contributed by atoms with van der Waals surface area (Å²) in [6.07, 6.45) is 5.56. The van der Waals surface area contributed by atoms with Crippen molar-refractivity contribution in [2.75, 3.05) is 6.54 Å². The van der Waals surface area contributed by atoms with Crippen molar-refractivity contribution < 1.29 is 4.79 Å². The van der Waals surface area contributed by atoms with E-state index in [4.69, 9.17) is 5.73 Å². The molecule has 6 heteroatoms. The van der Waals surface area contributed by atoms with Crippen LogP contribution in [0.25, 0.3) is 0 Å². The van der Waals surface area contributed by atoms with Gasteiger partial charge in [-0.3, -0.25) is 4.79 Å². The maximum absolute atomic E-state index is 11.5. The van der Waals surface area contributed by atoms with Gasteiger partial charge in [0.15, 0.2) is 0 Å². The number of aromatic nitrogens is 3. The molecule has 2 rings (SSSR count). The third kappa shape index (κ3) is 1.80. The minimum atomic E-state index is -0.564. The molecule has 0 spiro atoms. The molecule has 1 fully saturated rings. The monoisotopic (exact) mass is 223 g/mol. The van der Waals surface area contributed by atoms with Crippen LogP contribution in [0.1, 0.15) is 32.2 Å². The van der Waals surface area contributed by atoms with E-state index >= 15 is 0 Å². The normalized spacial score (nSPS) is 29.4. The van der Waals surface area contributed by atoms with Crippen molar-refractivity contribution in [3.05, 3.63) is 12.7 Å². The number of hydrogen-bond donors (Lipinski definition) is 2. The molecule has 1 aliphatic carbocycles. The van der Waals surface area contributed by atoms with E-state index in [0.717, 1.165) is 19.4 Å². The second-order valence-electron chi connectivity index (χ2n) is 4.25. The van der Waals surface area contributed by atoms with Crippen LogP contribution in [0, 0.1) is 0 Å². The van der Waals surface area contributed by atoms with Gasteiger partial charge >= 0.3 is 0 Å². The molecular formula is C10H17N5O. The zero-order chi connectivity index (χ0) is 11.6. The molecule has 6 nitrogen and oxygen atoms in total. The van der Waals surface area contributed by atoms with Gasteiger partial charge in [0.2, 0.25) is 5.91 Å². The van der Waals surface area contributed by atoms with Crippen molar-refractivity contribution in [3.63, 3.8) is 0 Å². The Bertz CT molecular complexity index is 363. The third-order valence-electron chi connectivity index (χ3n) is 3.29. The number of primary amides is 1. The summed E-state index contributed by atoms with van der Waals surface area (Å²) in [5.41, 5.74) is 4.92. The molecule has 2 atom stereocenters. The Morgan fingerprint density at radius 2 is 2.56 bits per heavy atom. The lowest BCUT2D eigenvalue weighted by Crippen LogP contribution is -2.53. The third-order valence-corrected chi connectivity index (χ3v) is 3.29. The summed E-state index contributed by atoms with van der Waals surface area (Å²) >= 11 is 0. The number of likely N-dealkylation sites (N-methyl/N-ethyl adjacent to an activating group) is 1. The van der Waals surface area contributed by atoms with Crippen LogP contribution in [0.15, 0.2) is 12.7 Å². The highest BCUT2D eigenvalue weighted by Gasteiger charge is 2.44. The molecular weight excluding hydrogens is 206 g/mol. The molecule has 1 amide bonds. The second-order valence-corrected chi connectivity index (χ2v) is 4.25. The Morgan fingerprint density at radius 3 is 3.12 bits per heavy atom. The van der Waals surface area contributed by atoms with Gasteiger partial charge in [-0.05, 0) is 25.8 Å². The van der Waals surface area contributed by atoms with Crippen LogP contribution in [0.2, 0.25) is 0 Å². The Hall–Kier alpha value is -1.43. The van der Waals surface area contributed by atoms with Gasteiger partial charge in [-0.25, -0.2) is 9.67 Å². The Balaban J connectivity index is 2.13. The lowest BCUT2D eigenvalue weighted by molar-refractivity contribution is -0.124. The lowest BCUT2D eigenvalue weighted by atomic mass is 9.96. The molecule has 1 saturated carbocycles. The minimum Gasteiger partial charge on any atom is -0.368 e. The first-order valence-corrected chi connectivity index (χ1v) is 5.57. The first-order chi connectivity index (χ1) is 7.68. The highest BCUT2D eigenvalue weighted by Crippen LogP contribution is 2.36. The van der Waals surface area contributed by atoms with Gasteiger partial charge in [0.1, 0.15) is 12.7 Å². The quantitative estimate of drug-likeness (QED) is 0.742. The predicted octanol–water partition coefficient (Wildman–Crippen LogP) is -0.163. The maximum atomic E-state index is 11.5. The highest BCUT2D eigenvalue weighted by molar-refractivity contribution is 5.85. The van der Waals surface area contributed by atoms with Crippen LogP contribution in [0.5, 0.6) is 0 Å². The smallest absolute Gasteiger partial charge is 0.237 e. The number of rotatable bonds is 4. The van der Waals surface area contributed by atoms with Crippen molar-refractivity contribution in [1.29, 1.82) is 0 Å². The fraction of sp³-hybridized carbons (Fsp3) is 0.700. The van der Waals surface area contributed by atoms with Crippen LogP contribution in [-0.4, -0.2) is 32.8 Å². The van der Waals surface area contributed by atoms with Crippen LogP contribution in [0.4, 0.5) is 0 Å². The van der Waals surface area contributed by atoms with Crippen LogP contribution < -0.4 is 11.1 Å². The zero-order valence-corrected chi connectivity index (χ0v) is 9.39. The van der Waals surface area contributed by atoms with Crippen LogP contribution >= 0.6 is 0 Å². The molecule has 0 aromatic carbocycles. The summed E-state index contributed by atoms with van der Waals surface area (Å²) in [6.45, 7) is 2.72. The molecule has 1 aliphatic rings. The standard InChI is InChI=1S/C10H17N5O/c1-2-13-10(9(11)16)4-3-8(5-10)15-7-12-6-14-15/h6-8,13H,2-5H2,1H3,(H2,11,16). The molecule has 0 radical (unpaired) electrons. The largest absolute Gasteiger partial charge is 0.368 e. The predicted molar refractivity (Wildman–Crippen MR) is 58.5 cm³/mol. The average Bonchev–Trinajstić information content (AvgIpc) is 2.84. The molecule has 1 heterocycles. The number of amides is 1. The summed E-state index contributed by atoms with van der Waals surface area (Å²) in [6, 6.07) is 0.217. The van der Waals surface area contributed by atoms with Crippen molar-refractivity contribution >= 4 is 5.91 Å². The van der Waals surface area contributed by atoms with Gasteiger partial charge in [-0.2, -0.15) is 5.10 Å². The first kappa shape index (κ1) is 11.1. The number of nitrogens with one attached hydrogen (secondary N) is 1. The number of nitrogens with two attached hydrogens (primary N) is 1. The van der Waals surface area contributed by atoms with Gasteiger partial charge in [0.25, 0.3) is 0 Å². The summed E-state index contributed by atoms with van der Waals surface area (Å²) in [5, 5.41) is 7.32. The SMILES string of the molecule is CCNC1(C(N)=O)CCC(n2cncn2)C1. The summed E-state index contributed by atoms with van der Waals surface area (Å²) in [5.74, 6) is -0.267. The highest BCUT2D eigenvalue weighted by atomic mass is 16.1. The Morgan fingerprint density at radius 1 is 1.75 bits per heavy atom. The van der Waals surface area contributed by atoms with Crippen molar-refractivity contribution in [3.8, 4) is 0 Å². The van der Waals surface area contributed by atoms with E-state index in [0.29, 0.717) is 6.42 Å². The van der Waals surface area contributed by atoms with E-state index in [1.165, 1.54) is 6.33 Å². The van der Waals surface area contributed by atoms with E-state index in [-0.39, 0.29) is 11.9 Å². The van der Waals surface area contributed by atoms with E-state index in [2.05, 4.69) is 15.4 Å². The van der Waals surface area contributed by atoms with E-state index in [1.807, 2.05) is 11.6 Å². The molecule has 1 aromatic heterocycles. The Labute approximate surface area is 94.2 Å². The van der Waals surface area contributed by atoms with Crippen LogP contribution in [0.3, 0.4) is 0 Å². The summed E-state index contributed by atoms with van der Waals surface area (Å²) in [4.78, 5) is 15.5. The molecule has 16 heavy (non-hydrogen) atoms. The Kier molecular flexibility index (Phi) is 2.91. The van der Waals surface area contributed by atoms with Gasteiger partial charge in [-0.15, -0.1) is 0 Å². The van der Waals surface area contributed by atoms with Crippen molar-refractivity contribution in [2.45, 2.75) is 37.8 Å². The molecule has 0 aliphatic heterocycles. The van der Waals surface area contributed by atoms with Crippen molar-refractivity contribution in [1.82, 2.24) is 20.1 Å². The molecule has 2 unspecified atom stereocenters. The number of hydrogen-bond acceptors (Lipinski definition) is 4. The lowest BCUT2D eigenvalue weighted by Gasteiger charge is -2.26. The second kappa shape index (κ2) is 4.21. The van der Waals surface area contributed by atoms with Gasteiger partial charge in [0, 0.05) is 0 Å². The first-order valence-electron chi connectivity index (χ1n) is 5.57. The topological polar surface area (TPSA) is 85.8 Å². The molecule has 3 N–H and O–H groups in total. The minimum absolute atomic E-state index is 0.217. The summed E-state index contributed by atoms with van der Waals surface area (Å²) in [7, 11) is 0.